The summed E-state index contributed by atoms with van der Waals surface area (Å²) in [6.45, 7) is 4.13. The van der Waals surface area contributed by atoms with E-state index in [4.69, 9.17) is 0 Å². The molecule has 0 radical (unpaired) electrons. The summed E-state index contributed by atoms with van der Waals surface area (Å²) in [6, 6.07) is 16.4. The molecule has 0 amide bonds. The average Bonchev–Trinajstić information content (AvgIpc) is 2.56. The zero-order chi connectivity index (χ0) is 15.6. The molecule has 2 aromatic carbocycles. The van der Waals surface area contributed by atoms with E-state index in [0.717, 1.165) is 29.5 Å². The number of allylic oxidation sites excluding steroid dienone is 3. The van der Waals surface area contributed by atoms with E-state index in [0.29, 0.717) is 0 Å². The number of hydrogen-bond donors (Lipinski definition) is 1. The first-order chi connectivity index (χ1) is 10.6. The van der Waals surface area contributed by atoms with Gasteiger partial charge in [-0.3, -0.25) is 0 Å². The van der Waals surface area contributed by atoms with Crippen molar-refractivity contribution in [2.24, 2.45) is 0 Å². The smallest absolute Gasteiger partial charge is 0.136 e. The highest BCUT2D eigenvalue weighted by Crippen LogP contribution is 2.40. The molecule has 0 saturated carbocycles. The summed E-state index contributed by atoms with van der Waals surface area (Å²) in [6.07, 6.45) is 8.12. The van der Waals surface area contributed by atoms with Crippen molar-refractivity contribution < 1.29 is 5.11 Å². The summed E-state index contributed by atoms with van der Waals surface area (Å²) in [7, 11) is 0. The Kier molecular flexibility index (Phi) is 4.00. The molecule has 0 spiro atoms. The highest BCUT2D eigenvalue weighted by Gasteiger charge is 2.35. The molecule has 0 saturated heterocycles. The SMILES string of the molecule is Cc1ccc(C(O)(C2=CC=CCC2)c2ccc(C)cc2)cc1. The lowest BCUT2D eigenvalue weighted by Crippen LogP contribution is -2.30. The van der Waals surface area contributed by atoms with Crippen molar-refractivity contribution in [3.05, 3.63) is 94.6 Å². The Morgan fingerprint density at radius 3 is 1.73 bits per heavy atom. The van der Waals surface area contributed by atoms with Gasteiger partial charge in [0, 0.05) is 0 Å². The lowest BCUT2D eigenvalue weighted by Gasteiger charge is -2.33. The number of aliphatic hydroxyl groups is 1. The number of benzene rings is 2. The Bertz CT molecular complexity index is 657. The molecule has 0 atom stereocenters. The van der Waals surface area contributed by atoms with Gasteiger partial charge in [-0.2, -0.15) is 0 Å². The van der Waals surface area contributed by atoms with Gasteiger partial charge in [0.1, 0.15) is 5.60 Å². The van der Waals surface area contributed by atoms with E-state index in [1.54, 1.807) is 0 Å². The molecular formula is C21H22O. The van der Waals surface area contributed by atoms with Gasteiger partial charge in [-0.1, -0.05) is 77.9 Å². The van der Waals surface area contributed by atoms with Crippen molar-refractivity contribution in [3.8, 4) is 0 Å². The monoisotopic (exact) mass is 290 g/mol. The van der Waals surface area contributed by atoms with Crippen LogP contribution in [-0.4, -0.2) is 5.11 Å². The van der Waals surface area contributed by atoms with Gasteiger partial charge in [0.25, 0.3) is 0 Å². The fourth-order valence-corrected chi connectivity index (χ4v) is 3.03. The lowest BCUT2D eigenvalue weighted by molar-refractivity contribution is 0.116. The maximum absolute atomic E-state index is 11.7. The zero-order valence-electron chi connectivity index (χ0n) is 13.2. The van der Waals surface area contributed by atoms with Crippen LogP contribution in [0.1, 0.15) is 35.1 Å². The average molecular weight is 290 g/mol. The minimum atomic E-state index is -1.05. The van der Waals surface area contributed by atoms with Crippen molar-refractivity contribution in [2.45, 2.75) is 32.3 Å². The van der Waals surface area contributed by atoms with Gasteiger partial charge in [-0.05, 0) is 43.4 Å². The van der Waals surface area contributed by atoms with Gasteiger partial charge in [-0.15, -0.1) is 0 Å². The lowest BCUT2D eigenvalue weighted by atomic mass is 9.77. The van der Waals surface area contributed by atoms with Crippen LogP contribution in [0, 0.1) is 13.8 Å². The van der Waals surface area contributed by atoms with Gasteiger partial charge >= 0.3 is 0 Å². The predicted molar refractivity (Wildman–Crippen MR) is 91.8 cm³/mol. The fourth-order valence-electron chi connectivity index (χ4n) is 3.03. The highest BCUT2D eigenvalue weighted by molar-refractivity contribution is 5.47. The van der Waals surface area contributed by atoms with Crippen LogP contribution in [0.4, 0.5) is 0 Å². The summed E-state index contributed by atoms with van der Waals surface area (Å²) >= 11 is 0. The second-order valence-corrected chi connectivity index (χ2v) is 6.10. The third kappa shape index (κ3) is 2.65. The van der Waals surface area contributed by atoms with Crippen molar-refractivity contribution in [2.75, 3.05) is 0 Å². The first-order valence-corrected chi connectivity index (χ1v) is 7.83. The summed E-state index contributed by atoms with van der Waals surface area (Å²) in [5.41, 5.74) is 4.28. The molecule has 0 aliphatic heterocycles. The Labute approximate surface area is 132 Å². The molecule has 1 nitrogen and oxygen atoms in total. The molecule has 0 unspecified atom stereocenters. The summed E-state index contributed by atoms with van der Waals surface area (Å²) in [5, 5.41) is 11.7. The van der Waals surface area contributed by atoms with Crippen molar-refractivity contribution in [1.82, 2.24) is 0 Å². The third-order valence-electron chi connectivity index (χ3n) is 4.42. The molecular weight excluding hydrogens is 268 g/mol. The molecule has 2 aromatic rings. The topological polar surface area (TPSA) is 20.2 Å². The van der Waals surface area contributed by atoms with Crippen LogP contribution in [0.5, 0.6) is 0 Å². The second-order valence-electron chi connectivity index (χ2n) is 6.10. The van der Waals surface area contributed by atoms with Crippen LogP contribution >= 0.6 is 0 Å². The first-order valence-electron chi connectivity index (χ1n) is 7.83. The summed E-state index contributed by atoms with van der Waals surface area (Å²) < 4.78 is 0. The maximum Gasteiger partial charge on any atom is 0.136 e. The zero-order valence-corrected chi connectivity index (χ0v) is 13.2. The number of hydrogen-bond acceptors (Lipinski definition) is 1. The van der Waals surface area contributed by atoms with Crippen molar-refractivity contribution >= 4 is 0 Å². The molecule has 112 valence electrons. The molecule has 0 aromatic heterocycles. The third-order valence-corrected chi connectivity index (χ3v) is 4.42. The predicted octanol–water partition coefficient (Wildman–Crippen LogP) is 4.82. The molecule has 0 bridgehead atoms. The van der Waals surface area contributed by atoms with Gasteiger partial charge in [0.15, 0.2) is 0 Å². The molecule has 0 heterocycles. The number of rotatable bonds is 3. The van der Waals surface area contributed by atoms with Crippen molar-refractivity contribution in [1.29, 1.82) is 0 Å². The van der Waals surface area contributed by atoms with E-state index >= 15 is 0 Å². The minimum absolute atomic E-state index is 0.884. The van der Waals surface area contributed by atoms with Gasteiger partial charge in [0.05, 0.1) is 0 Å². The maximum atomic E-state index is 11.7. The Hall–Kier alpha value is -2.12. The van der Waals surface area contributed by atoms with Crippen LogP contribution in [0.15, 0.2) is 72.3 Å². The number of aryl methyl sites for hydroxylation is 2. The Morgan fingerprint density at radius 1 is 0.818 bits per heavy atom. The minimum Gasteiger partial charge on any atom is -0.376 e. The second kappa shape index (κ2) is 5.94. The van der Waals surface area contributed by atoms with Crippen LogP contribution in [0.25, 0.3) is 0 Å². The van der Waals surface area contributed by atoms with E-state index in [2.05, 4.69) is 50.3 Å². The van der Waals surface area contributed by atoms with E-state index in [1.807, 2.05) is 30.3 Å². The van der Waals surface area contributed by atoms with Crippen molar-refractivity contribution in [3.63, 3.8) is 0 Å². The molecule has 1 aliphatic rings. The molecule has 1 N–H and O–H groups in total. The standard InChI is InChI=1S/C21H22O/c1-16-8-12-19(13-9-16)21(22,18-6-4-3-5-7-18)20-14-10-17(2)11-15-20/h3-4,6,8-15,22H,5,7H2,1-2H3. The van der Waals surface area contributed by atoms with E-state index in [-0.39, 0.29) is 0 Å². The highest BCUT2D eigenvalue weighted by atomic mass is 16.3. The van der Waals surface area contributed by atoms with Crippen LogP contribution < -0.4 is 0 Å². The molecule has 1 aliphatic carbocycles. The fraction of sp³-hybridized carbons (Fsp3) is 0.238. The first kappa shape index (κ1) is 14.8. The van der Waals surface area contributed by atoms with E-state index in [1.165, 1.54) is 11.1 Å². The summed E-state index contributed by atoms with van der Waals surface area (Å²) in [4.78, 5) is 0. The van der Waals surface area contributed by atoms with Crippen LogP contribution in [0.2, 0.25) is 0 Å². The van der Waals surface area contributed by atoms with Gasteiger partial charge in [-0.25, -0.2) is 0 Å². The summed E-state index contributed by atoms with van der Waals surface area (Å²) in [5.74, 6) is 0. The van der Waals surface area contributed by atoms with Gasteiger partial charge in [0.2, 0.25) is 0 Å². The van der Waals surface area contributed by atoms with E-state index < -0.39 is 5.60 Å². The molecule has 1 heteroatoms. The molecule has 3 rings (SSSR count). The van der Waals surface area contributed by atoms with E-state index in [9.17, 15) is 5.11 Å². The Morgan fingerprint density at radius 2 is 1.32 bits per heavy atom. The molecule has 0 fully saturated rings. The molecule has 22 heavy (non-hydrogen) atoms. The largest absolute Gasteiger partial charge is 0.376 e. The van der Waals surface area contributed by atoms with Gasteiger partial charge < -0.3 is 5.11 Å². The van der Waals surface area contributed by atoms with Crippen LogP contribution in [0.3, 0.4) is 0 Å². The van der Waals surface area contributed by atoms with Crippen LogP contribution in [-0.2, 0) is 5.60 Å². The quantitative estimate of drug-likeness (QED) is 0.859. The normalized spacial score (nSPS) is 14.8. The Balaban J connectivity index is 2.17.